The fraction of sp³-hybridized carbons (Fsp3) is 0.125. The Morgan fingerprint density at radius 3 is 1.47 bits per heavy atom. The third-order valence-electron chi connectivity index (χ3n) is 3.56. The molecule has 0 aliphatic carbocycles. The van der Waals surface area contributed by atoms with Gasteiger partial charge in [0.05, 0.1) is 11.3 Å². The van der Waals surface area contributed by atoms with Crippen molar-refractivity contribution < 1.29 is 9.46 Å². The maximum Gasteiger partial charge on any atom is 0.222 e. The highest BCUT2D eigenvalue weighted by atomic mass is 31.2. The number of hydrogen-bond acceptors (Lipinski definition) is 1. The summed E-state index contributed by atoms with van der Waals surface area (Å²) in [5.74, 6) is 0. The SMILES string of the molecule is O=P1(O)[C@@H](c2ccccc2)C=C[C@H]1c1ccccc1. The maximum absolute atomic E-state index is 12.8. The molecule has 0 radical (unpaired) electrons. The molecule has 0 saturated carbocycles. The first-order chi connectivity index (χ1) is 9.19. The van der Waals surface area contributed by atoms with E-state index in [1.54, 1.807) is 0 Å². The second-order valence-electron chi connectivity index (χ2n) is 4.77. The van der Waals surface area contributed by atoms with Gasteiger partial charge < -0.3 is 4.89 Å². The van der Waals surface area contributed by atoms with Gasteiger partial charge in [-0.1, -0.05) is 72.8 Å². The first-order valence-electron chi connectivity index (χ1n) is 6.30. The molecular formula is C16H15O2P. The summed E-state index contributed by atoms with van der Waals surface area (Å²) in [6.45, 7) is 0. The normalized spacial score (nSPS) is 29.5. The average Bonchev–Trinajstić information content (AvgIpc) is 2.76. The van der Waals surface area contributed by atoms with Gasteiger partial charge in [0.15, 0.2) is 0 Å². The molecule has 0 bridgehead atoms. The minimum Gasteiger partial charge on any atom is -0.343 e. The molecule has 1 aliphatic heterocycles. The molecule has 3 atom stereocenters. The number of allylic oxidation sites excluding steroid dienone is 2. The van der Waals surface area contributed by atoms with Gasteiger partial charge in [0.25, 0.3) is 0 Å². The molecule has 1 unspecified atom stereocenters. The first kappa shape index (κ1) is 12.4. The van der Waals surface area contributed by atoms with E-state index < -0.39 is 7.37 Å². The monoisotopic (exact) mass is 270 g/mol. The molecule has 1 aliphatic rings. The van der Waals surface area contributed by atoms with Crippen LogP contribution in [0.2, 0.25) is 0 Å². The van der Waals surface area contributed by atoms with Crippen LogP contribution in [0.3, 0.4) is 0 Å². The zero-order chi connectivity index (χ0) is 13.3. The molecule has 19 heavy (non-hydrogen) atoms. The van der Waals surface area contributed by atoms with E-state index in [0.717, 1.165) is 11.1 Å². The highest BCUT2D eigenvalue weighted by molar-refractivity contribution is 7.59. The third kappa shape index (κ3) is 2.18. The van der Waals surface area contributed by atoms with Crippen molar-refractivity contribution in [1.82, 2.24) is 0 Å². The second-order valence-corrected chi connectivity index (χ2v) is 7.23. The van der Waals surface area contributed by atoms with Crippen LogP contribution in [0, 0.1) is 0 Å². The van der Waals surface area contributed by atoms with E-state index in [0.29, 0.717) is 0 Å². The molecule has 2 aromatic carbocycles. The van der Waals surface area contributed by atoms with Gasteiger partial charge in [-0.3, -0.25) is 4.57 Å². The topological polar surface area (TPSA) is 37.3 Å². The smallest absolute Gasteiger partial charge is 0.222 e. The van der Waals surface area contributed by atoms with E-state index in [2.05, 4.69) is 0 Å². The van der Waals surface area contributed by atoms with Gasteiger partial charge in [-0.25, -0.2) is 0 Å². The molecular weight excluding hydrogens is 255 g/mol. The van der Waals surface area contributed by atoms with Gasteiger partial charge in [-0.05, 0) is 11.1 Å². The molecule has 96 valence electrons. The van der Waals surface area contributed by atoms with Crippen LogP contribution in [0.15, 0.2) is 72.8 Å². The van der Waals surface area contributed by atoms with Crippen molar-refractivity contribution in [3.63, 3.8) is 0 Å². The zero-order valence-corrected chi connectivity index (χ0v) is 11.3. The molecule has 0 spiro atoms. The van der Waals surface area contributed by atoms with Crippen molar-refractivity contribution in [1.29, 1.82) is 0 Å². The van der Waals surface area contributed by atoms with E-state index in [-0.39, 0.29) is 11.3 Å². The molecule has 3 rings (SSSR count). The van der Waals surface area contributed by atoms with Crippen molar-refractivity contribution >= 4 is 7.37 Å². The van der Waals surface area contributed by atoms with Crippen LogP contribution in [0.4, 0.5) is 0 Å². The molecule has 0 fully saturated rings. The molecule has 0 amide bonds. The van der Waals surface area contributed by atoms with Crippen molar-refractivity contribution in [3.8, 4) is 0 Å². The molecule has 0 saturated heterocycles. The maximum atomic E-state index is 12.8. The summed E-state index contributed by atoms with van der Waals surface area (Å²) >= 11 is 0. The van der Waals surface area contributed by atoms with Gasteiger partial charge >= 0.3 is 0 Å². The quantitative estimate of drug-likeness (QED) is 0.652. The Balaban J connectivity index is 1.98. The lowest BCUT2D eigenvalue weighted by Gasteiger charge is -2.21. The summed E-state index contributed by atoms with van der Waals surface area (Å²) in [6, 6.07) is 19.1. The largest absolute Gasteiger partial charge is 0.343 e. The molecule has 3 heteroatoms. The summed E-state index contributed by atoms with van der Waals surface area (Å²) in [5.41, 5.74) is 1.03. The van der Waals surface area contributed by atoms with Crippen molar-refractivity contribution in [2.45, 2.75) is 11.3 Å². The van der Waals surface area contributed by atoms with Crippen LogP contribution in [0.5, 0.6) is 0 Å². The van der Waals surface area contributed by atoms with Crippen molar-refractivity contribution in [2.24, 2.45) is 0 Å². The van der Waals surface area contributed by atoms with Crippen molar-refractivity contribution in [3.05, 3.63) is 83.9 Å². The fourth-order valence-electron chi connectivity index (χ4n) is 2.58. The third-order valence-corrected chi connectivity index (χ3v) is 6.09. The highest BCUT2D eigenvalue weighted by Gasteiger charge is 2.42. The minimum atomic E-state index is -3.32. The Morgan fingerprint density at radius 2 is 1.11 bits per heavy atom. The molecule has 2 aromatic rings. The van der Waals surface area contributed by atoms with Crippen LogP contribution >= 0.6 is 7.37 Å². The summed E-state index contributed by atoms with van der Waals surface area (Å²) in [4.78, 5) is 10.5. The first-order valence-corrected chi connectivity index (χ1v) is 8.10. The highest BCUT2D eigenvalue weighted by Crippen LogP contribution is 2.70. The lowest BCUT2D eigenvalue weighted by atomic mass is 10.1. The van der Waals surface area contributed by atoms with E-state index in [9.17, 15) is 9.46 Å². The van der Waals surface area contributed by atoms with Crippen LogP contribution in [-0.2, 0) is 4.57 Å². The summed E-state index contributed by atoms with van der Waals surface area (Å²) in [5, 5.41) is 0. The Morgan fingerprint density at radius 1 is 0.737 bits per heavy atom. The summed E-state index contributed by atoms with van der Waals surface area (Å²) < 4.78 is 12.8. The van der Waals surface area contributed by atoms with Gasteiger partial charge in [0.1, 0.15) is 0 Å². The van der Waals surface area contributed by atoms with E-state index >= 15 is 0 Å². The van der Waals surface area contributed by atoms with Crippen molar-refractivity contribution in [2.75, 3.05) is 0 Å². The lowest BCUT2D eigenvalue weighted by Crippen LogP contribution is -1.98. The standard InChI is InChI=1S/C16H15O2P/c17-19(18)15(13-7-3-1-4-8-13)11-12-16(19)14-9-5-2-6-10-14/h1-12,15-16H,(H,17,18)/t15-,16+. The van der Waals surface area contributed by atoms with Gasteiger partial charge in [0, 0.05) is 0 Å². The van der Waals surface area contributed by atoms with E-state index in [4.69, 9.17) is 0 Å². The van der Waals surface area contributed by atoms with Crippen LogP contribution in [-0.4, -0.2) is 4.89 Å². The predicted molar refractivity (Wildman–Crippen MR) is 77.3 cm³/mol. The Bertz CT molecular complexity index is 581. The van der Waals surface area contributed by atoms with E-state index in [1.807, 2.05) is 72.8 Å². The number of rotatable bonds is 2. The van der Waals surface area contributed by atoms with Gasteiger partial charge in [-0.15, -0.1) is 0 Å². The number of hydrogen-bond donors (Lipinski definition) is 1. The number of benzene rings is 2. The minimum absolute atomic E-state index is 0.390. The molecule has 2 nitrogen and oxygen atoms in total. The zero-order valence-electron chi connectivity index (χ0n) is 10.4. The van der Waals surface area contributed by atoms with Gasteiger partial charge in [-0.2, -0.15) is 0 Å². The predicted octanol–water partition coefficient (Wildman–Crippen LogP) is 4.31. The fourth-order valence-corrected chi connectivity index (χ4v) is 4.82. The second kappa shape index (κ2) is 4.80. The Kier molecular flexibility index (Phi) is 3.14. The van der Waals surface area contributed by atoms with E-state index in [1.165, 1.54) is 0 Å². The lowest BCUT2D eigenvalue weighted by molar-refractivity contribution is 0.468. The average molecular weight is 270 g/mol. The summed E-state index contributed by atoms with van der Waals surface area (Å²) in [7, 11) is -3.32. The Hall–Kier alpha value is -1.63. The van der Waals surface area contributed by atoms with Crippen LogP contribution < -0.4 is 0 Å². The molecule has 1 N–H and O–H groups in total. The van der Waals surface area contributed by atoms with Crippen LogP contribution in [0.25, 0.3) is 0 Å². The van der Waals surface area contributed by atoms with Crippen LogP contribution in [0.1, 0.15) is 22.4 Å². The summed E-state index contributed by atoms with van der Waals surface area (Å²) in [6.07, 6.45) is 3.74. The molecule has 0 aromatic heterocycles. The van der Waals surface area contributed by atoms with Gasteiger partial charge in [0.2, 0.25) is 7.37 Å². The molecule has 1 heterocycles. The Labute approximate surface area is 112 Å².